The molecule has 2 aromatic heterocycles. The molecule has 0 saturated carbocycles. The Bertz CT molecular complexity index is 690. The molecule has 1 aliphatic rings. The fraction of sp³-hybridized carbons (Fsp3) is 0.462. The summed E-state index contributed by atoms with van der Waals surface area (Å²) in [6.07, 6.45) is 3.78. The van der Waals surface area contributed by atoms with E-state index in [1.165, 1.54) is 0 Å². The van der Waals surface area contributed by atoms with Gasteiger partial charge in [-0.25, -0.2) is 0 Å². The quantitative estimate of drug-likeness (QED) is 0.674. The molecule has 0 bridgehead atoms. The second kappa shape index (κ2) is 5.34. The molecule has 1 saturated heterocycles. The van der Waals surface area contributed by atoms with Gasteiger partial charge in [-0.3, -0.25) is 5.10 Å². The highest BCUT2D eigenvalue weighted by Crippen LogP contribution is 2.26. The normalized spacial score (nSPS) is 19.2. The Morgan fingerprint density at radius 2 is 2.40 bits per heavy atom. The van der Waals surface area contributed by atoms with Gasteiger partial charge in [0.05, 0.1) is 6.21 Å². The molecule has 3 heterocycles. The van der Waals surface area contributed by atoms with Crippen LogP contribution in [0.2, 0.25) is 0 Å². The van der Waals surface area contributed by atoms with Crippen molar-refractivity contribution in [3.8, 4) is 0 Å². The van der Waals surface area contributed by atoms with E-state index in [2.05, 4.69) is 20.3 Å². The summed E-state index contributed by atoms with van der Waals surface area (Å²) in [5.74, 6) is 0.744. The first-order chi connectivity index (χ1) is 9.65. The van der Waals surface area contributed by atoms with Crippen molar-refractivity contribution >= 4 is 18.4 Å². The number of nitrogens with one attached hydrogen (secondary N) is 2. The van der Waals surface area contributed by atoms with Crippen LogP contribution in [-0.4, -0.2) is 32.7 Å². The van der Waals surface area contributed by atoms with Crippen molar-refractivity contribution in [2.75, 3.05) is 6.61 Å². The first kappa shape index (κ1) is 13.3. The van der Waals surface area contributed by atoms with E-state index in [1.807, 2.05) is 19.9 Å². The minimum atomic E-state index is -0.0193. The standard InChI is InChI=1S/C13H17N5OS/c1-8-6-10(9(2)15-8)7-14-18-12(16-17-13(18)20)11-4-3-5-19-11/h6-7,11,15H,3-5H2,1-2H3,(H,17,20)/b14-7+/t11-/m1/s1. The van der Waals surface area contributed by atoms with E-state index in [1.54, 1.807) is 10.9 Å². The van der Waals surface area contributed by atoms with Gasteiger partial charge in [0.1, 0.15) is 6.10 Å². The first-order valence-corrected chi connectivity index (χ1v) is 7.05. The Labute approximate surface area is 121 Å². The zero-order chi connectivity index (χ0) is 14.1. The van der Waals surface area contributed by atoms with Gasteiger partial charge in [-0.15, -0.1) is 0 Å². The van der Waals surface area contributed by atoms with E-state index >= 15 is 0 Å². The molecule has 1 aliphatic heterocycles. The number of hydrogen-bond acceptors (Lipinski definition) is 4. The van der Waals surface area contributed by atoms with Crippen molar-refractivity contribution in [1.29, 1.82) is 0 Å². The maximum Gasteiger partial charge on any atom is 0.216 e. The largest absolute Gasteiger partial charge is 0.370 e. The predicted octanol–water partition coefficient (Wildman–Crippen LogP) is 2.62. The van der Waals surface area contributed by atoms with Crippen molar-refractivity contribution in [2.45, 2.75) is 32.8 Å². The van der Waals surface area contributed by atoms with Crippen molar-refractivity contribution in [3.63, 3.8) is 0 Å². The number of aromatic nitrogens is 4. The SMILES string of the molecule is Cc1cc(/C=N/n2c([C@H]3CCCO3)n[nH]c2=S)c(C)[nH]1. The lowest BCUT2D eigenvalue weighted by Crippen LogP contribution is -2.05. The van der Waals surface area contributed by atoms with Gasteiger partial charge in [-0.05, 0) is 45.0 Å². The predicted molar refractivity (Wildman–Crippen MR) is 78.6 cm³/mol. The van der Waals surface area contributed by atoms with Crippen LogP contribution in [0.25, 0.3) is 0 Å². The van der Waals surface area contributed by atoms with E-state index in [0.717, 1.165) is 42.2 Å². The molecule has 0 radical (unpaired) electrons. The fourth-order valence-corrected chi connectivity index (χ4v) is 2.59. The summed E-state index contributed by atoms with van der Waals surface area (Å²) in [5.41, 5.74) is 3.24. The first-order valence-electron chi connectivity index (χ1n) is 6.64. The summed E-state index contributed by atoms with van der Waals surface area (Å²) in [5, 5.41) is 11.5. The lowest BCUT2D eigenvalue weighted by molar-refractivity contribution is 0.102. The minimum Gasteiger partial charge on any atom is -0.370 e. The molecule has 106 valence electrons. The molecule has 7 heteroatoms. The molecule has 2 aromatic rings. The van der Waals surface area contributed by atoms with Crippen molar-refractivity contribution in [2.24, 2.45) is 5.10 Å². The third kappa shape index (κ3) is 2.46. The van der Waals surface area contributed by atoms with Crippen molar-refractivity contribution < 1.29 is 4.74 Å². The highest BCUT2D eigenvalue weighted by molar-refractivity contribution is 7.71. The van der Waals surface area contributed by atoms with Crippen molar-refractivity contribution in [3.05, 3.63) is 33.6 Å². The topological polar surface area (TPSA) is 71.0 Å². The number of aromatic amines is 2. The molecule has 0 aliphatic carbocycles. The van der Waals surface area contributed by atoms with Gasteiger partial charge in [-0.2, -0.15) is 14.9 Å². The monoisotopic (exact) mass is 291 g/mol. The lowest BCUT2D eigenvalue weighted by atomic mass is 10.2. The highest BCUT2D eigenvalue weighted by atomic mass is 32.1. The number of ether oxygens (including phenoxy) is 1. The van der Waals surface area contributed by atoms with Crippen LogP contribution in [0.3, 0.4) is 0 Å². The summed E-state index contributed by atoms with van der Waals surface area (Å²) in [4.78, 5) is 3.25. The Morgan fingerprint density at radius 3 is 3.05 bits per heavy atom. The molecule has 1 atom stereocenters. The smallest absolute Gasteiger partial charge is 0.216 e. The number of aryl methyl sites for hydroxylation is 2. The van der Waals surface area contributed by atoms with Crippen LogP contribution in [0, 0.1) is 18.6 Å². The summed E-state index contributed by atoms with van der Waals surface area (Å²) < 4.78 is 7.77. The molecule has 2 N–H and O–H groups in total. The van der Waals surface area contributed by atoms with Gasteiger partial charge in [0.2, 0.25) is 4.77 Å². The fourth-order valence-electron chi connectivity index (χ4n) is 2.40. The van der Waals surface area contributed by atoms with E-state index in [9.17, 15) is 0 Å². The van der Waals surface area contributed by atoms with Gasteiger partial charge >= 0.3 is 0 Å². The molecule has 0 amide bonds. The van der Waals surface area contributed by atoms with E-state index in [4.69, 9.17) is 17.0 Å². The highest BCUT2D eigenvalue weighted by Gasteiger charge is 2.23. The molecular weight excluding hydrogens is 274 g/mol. The summed E-state index contributed by atoms with van der Waals surface area (Å²) in [6.45, 7) is 4.81. The number of nitrogens with zero attached hydrogens (tertiary/aromatic N) is 3. The van der Waals surface area contributed by atoms with Gasteiger partial charge < -0.3 is 9.72 Å². The number of H-pyrrole nitrogens is 2. The van der Waals surface area contributed by atoms with Crippen LogP contribution in [0.15, 0.2) is 11.2 Å². The Morgan fingerprint density at radius 1 is 1.55 bits per heavy atom. The van der Waals surface area contributed by atoms with Gasteiger partial charge in [-0.1, -0.05) is 0 Å². The van der Waals surface area contributed by atoms with E-state index in [0.29, 0.717) is 4.77 Å². The second-order valence-electron chi connectivity index (χ2n) is 4.98. The molecule has 3 rings (SSSR count). The van der Waals surface area contributed by atoms with Crippen LogP contribution in [0.4, 0.5) is 0 Å². The Kier molecular flexibility index (Phi) is 3.54. The zero-order valence-corrected chi connectivity index (χ0v) is 12.3. The summed E-state index contributed by atoms with van der Waals surface area (Å²) in [6, 6.07) is 2.05. The number of rotatable bonds is 3. The molecule has 0 spiro atoms. The third-order valence-corrected chi connectivity index (χ3v) is 3.66. The molecule has 0 unspecified atom stereocenters. The minimum absolute atomic E-state index is 0.0193. The van der Waals surface area contributed by atoms with Crippen LogP contribution < -0.4 is 0 Å². The van der Waals surface area contributed by atoms with E-state index in [-0.39, 0.29) is 6.10 Å². The Hall–Kier alpha value is -1.73. The molecule has 6 nitrogen and oxygen atoms in total. The zero-order valence-electron chi connectivity index (χ0n) is 11.5. The lowest BCUT2D eigenvalue weighted by Gasteiger charge is -2.07. The maximum absolute atomic E-state index is 5.64. The second-order valence-corrected chi connectivity index (χ2v) is 5.36. The average Bonchev–Trinajstić information content (AvgIpc) is 3.09. The molecular formula is C13H17N5OS. The van der Waals surface area contributed by atoms with Crippen LogP contribution in [-0.2, 0) is 4.74 Å². The van der Waals surface area contributed by atoms with Crippen LogP contribution in [0.1, 0.15) is 41.7 Å². The van der Waals surface area contributed by atoms with E-state index < -0.39 is 0 Å². The average molecular weight is 291 g/mol. The number of hydrogen-bond donors (Lipinski definition) is 2. The molecule has 0 aromatic carbocycles. The maximum atomic E-state index is 5.64. The summed E-state index contributed by atoms with van der Waals surface area (Å²) >= 11 is 5.23. The van der Waals surface area contributed by atoms with Gasteiger partial charge in [0.25, 0.3) is 0 Å². The van der Waals surface area contributed by atoms with Gasteiger partial charge in [0, 0.05) is 23.6 Å². The molecule has 20 heavy (non-hydrogen) atoms. The Balaban J connectivity index is 1.92. The summed E-state index contributed by atoms with van der Waals surface area (Å²) in [7, 11) is 0. The van der Waals surface area contributed by atoms with Crippen LogP contribution >= 0.6 is 12.2 Å². The third-order valence-electron chi connectivity index (χ3n) is 3.40. The van der Waals surface area contributed by atoms with Gasteiger partial charge in [0.15, 0.2) is 5.82 Å². The molecule has 1 fully saturated rings. The van der Waals surface area contributed by atoms with Crippen molar-refractivity contribution in [1.82, 2.24) is 19.9 Å². The van der Waals surface area contributed by atoms with Crippen LogP contribution in [0.5, 0.6) is 0 Å².